The van der Waals surface area contributed by atoms with E-state index in [1.165, 1.54) is 48.4 Å². The van der Waals surface area contributed by atoms with E-state index in [1.807, 2.05) is 23.5 Å². The Hall–Kier alpha value is -5.24. The van der Waals surface area contributed by atoms with Crippen molar-refractivity contribution >= 4 is 49.4 Å². The van der Waals surface area contributed by atoms with E-state index < -0.39 is 0 Å². The monoisotopic (exact) mass is 697 g/mol. The van der Waals surface area contributed by atoms with E-state index in [4.69, 9.17) is 9.15 Å². The predicted molar refractivity (Wildman–Crippen MR) is 215 cm³/mol. The Labute approximate surface area is 307 Å². The van der Waals surface area contributed by atoms with Crippen molar-refractivity contribution in [3.8, 4) is 16.9 Å². The number of rotatable bonds is 6. The molecule has 1 fully saturated rings. The van der Waals surface area contributed by atoms with Gasteiger partial charge >= 0.3 is 0 Å². The predicted octanol–water partition coefficient (Wildman–Crippen LogP) is 11.0. The van der Waals surface area contributed by atoms with E-state index in [2.05, 4.69) is 157 Å². The first-order valence-corrected chi connectivity index (χ1v) is 19.1. The second kappa shape index (κ2) is 12.8. The van der Waals surface area contributed by atoms with Gasteiger partial charge < -0.3 is 9.15 Å². The first-order valence-electron chi connectivity index (χ1n) is 18.3. The molecule has 3 N–H and O–H groups in total. The summed E-state index contributed by atoms with van der Waals surface area (Å²) in [5.41, 5.74) is 10.4. The molecule has 1 saturated heterocycles. The number of allylic oxidation sites excluding steroid dienone is 3. The fourth-order valence-corrected chi connectivity index (χ4v) is 9.58. The topological polar surface area (TPSA) is 58.5 Å². The Morgan fingerprint density at radius 2 is 1.54 bits per heavy atom. The maximum absolute atomic E-state index is 6.88. The van der Waals surface area contributed by atoms with Crippen molar-refractivity contribution in [3.05, 3.63) is 166 Å². The molecule has 4 heterocycles. The average molecular weight is 698 g/mol. The van der Waals surface area contributed by atoms with Crippen LogP contribution in [0.25, 0.3) is 49.2 Å². The van der Waals surface area contributed by atoms with Crippen molar-refractivity contribution in [2.75, 3.05) is 0 Å². The number of furan rings is 1. The van der Waals surface area contributed by atoms with Crippen LogP contribution in [0.3, 0.4) is 0 Å². The third-order valence-electron chi connectivity index (χ3n) is 10.9. The molecular formula is C46H39N3O2S. The Bertz CT molecular complexity index is 2580. The molecule has 0 spiro atoms. The lowest BCUT2D eigenvalue weighted by molar-refractivity contribution is 0.183. The van der Waals surface area contributed by atoms with Gasteiger partial charge in [-0.3, -0.25) is 16.0 Å². The number of ether oxygens (including phenoxy) is 1. The van der Waals surface area contributed by atoms with Crippen molar-refractivity contribution in [2.45, 2.75) is 50.8 Å². The van der Waals surface area contributed by atoms with E-state index in [0.717, 1.165) is 39.7 Å². The summed E-state index contributed by atoms with van der Waals surface area (Å²) in [6.45, 7) is 4.42. The molecule has 0 amide bonds. The molecule has 1 aliphatic carbocycles. The number of fused-ring (bicyclic) bond motifs is 7. The third kappa shape index (κ3) is 5.17. The highest BCUT2D eigenvalue weighted by Gasteiger charge is 2.42. The normalized spacial score (nSPS) is 22.6. The summed E-state index contributed by atoms with van der Waals surface area (Å²) < 4.78 is 14.5. The van der Waals surface area contributed by atoms with Crippen LogP contribution in [0.1, 0.15) is 58.7 Å². The number of nitrogens with one attached hydrogen (secondary N) is 3. The van der Waals surface area contributed by atoms with Crippen LogP contribution in [0.5, 0.6) is 5.75 Å². The molecule has 10 rings (SSSR count). The summed E-state index contributed by atoms with van der Waals surface area (Å²) in [4.78, 5) is 1.35. The number of hydrogen-bond acceptors (Lipinski definition) is 6. The number of thiophene rings is 1. The SMILES string of the molecule is CC/C=C\c1c(C)sc2c(-c3ccc4c(c3)C3C=CC=C(C5NC(c6ccccc6)NC(c6cccc7oc8ccccc8c67)N5)C3O4)cccc12. The Balaban J connectivity index is 1.01. The molecule has 0 saturated carbocycles. The molecule has 256 valence electrons. The van der Waals surface area contributed by atoms with Gasteiger partial charge in [-0.25, -0.2) is 0 Å². The van der Waals surface area contributed by atoms with E-state index in [1.54, 1.807) is 0 Å². The molecule has 5 unspecified atom stereocenters. The van der Waals surface area contributed by atoms with Gasteiger partial charge in [0.25, 0.3) is 0 Å². The molecule has 7 aromatic rings. The highest BCUT2D eigenvalue weighted by Crippen LogP contribution is 2.47. The van der Waals surface area contributed by atoms with E-state index >= 15 is 0 Å². The minimum absolute atomic E-state index is 0.0988. The summed E-state index contributed by atoms with van der Waals surface area (Å²) in [7, 11) is 0. The largest absolute Gasteiger partial charge is 0.485 e. The van der Waals surface area contributed by atoms with Crippen LogP contribution in [0, 0.1) is 6.92 Å². The Morgan fingerprint density at radius 3 is 2.44 bits per heavy atom. The lowest BCUT2D eigenvalue weighted by Crippen LogP contribution is -2.61. The minimum Gasteiger partial charge on any atom is -0.485 e. The van der Waals surface area contributed by atoms with Crippen molar-refractivity contribution in [3.63, 3.8) is 0 Å². The van der Waals surface area contributed by atoms with Crippen molar-refractivity contribution in [1.29, 1.82) is 0 Å². The van der Waals surface area contributed by atoms with Gasteiger partial charge in [0.1, 0.15) is 23.0 Å². The van der Waals surface area contributed by atoms with E-state index in [9.17, 15) is 0 Å². The van der Waals surface area contributed by atoms with Gasteiger partial charge in [0.15, 0.2) is 0 Å². The molecule has 6 heteroatoms. The highest BCUT2D eigenvalue weighted by molar-refractivity contribution is 7.20. The van der Waals surface area contributed by atoms with Crippen LogP contribution >= 0.6 is 11.3 Å². The summed E-state index contributed by atoms with van der Waals surface area (Å²) >= 11 is 1.89. The quantitative estimate of drug-likeness (QED) is 0.161. The Kier molecular flexibility index (Phi) is 7.73. The van der Waals surface area contributed by atoms with Crippen molar-refractivity contribution < 1.29 is 9.15 Å². The van der Waals surface area contributed by atoms with Gasteiger partial charge in [0.2, 0.25) is 0 Å². The zero-order valence-corrected chi connectivity index (χ0v) is 29.9. The number of para-hydroxylation sites is 1. The second-order valence-electron chi connectivity index (χ2n) is 14.0. The lowest BCUT2D eigenvalue weighted by Gasteiger charge is -2.42. The van der Waals surface area contributed by atoms with E-state index in [0.29, 0.717) is 0 Å². The number of aryl methyl sites for hydroxylation is 1. The summed E-state index contributed by atoms with van der Waals surface area (Å²) in [6.07, 6.45) is 11.8. The maximum Gasteiger partial charge on any atom is 0.135 e. The highest BCUT2D eigenvalue weighted by atomic mass is 32.1. The van der Waals surface area contributed by atoms with Crippen LogP contribution in [0.4, 0.5) is 0 Å². The van der Waals surface area contributed by atoms with Gasteiger partial charge in [0, 0.05) is 42.8 Å². The first-order chi connectivity index (χ1) is 25.6. The molecule has 3 aliphatic rings. The fraction of sp³-hybridized carbons (Fsp3) is 0.174. The zero-order chi connectivity index (χ0) is 34.8. The molecule has 0 radical (unpaired) electrons. The summed E-state index contributed by atoms with van der Waals surface area (Å²) in [5, 5.41) is 15.3. The molecule has 52 heavy (non-hydrogen) atoms. The van der Waals surface area contributed by atoms with Crippen LogP contribution in [-0.2, 0) is 0 Å². The van der Waals surface area contributed by atoms with Crippen LogP contribution < -0.4 is 20.7 Å². The smallest absolute Gasteiger partial charge is 0.135 e. The average Bonchev–Trinajstić information content (AvgIpc) is 3.87. The summed E-state index contributed by atoms with van der Waals surface area (Å²) in [6, 6.07) is 38.8. The van der Waals surface area contributed by atoms with Crippen molar-refractivity contribution in [1.82, 2.24) is 16.0 Å². The summed E-state index contributed by atoms with van der Waals surface area (Å²) in [5.74, 6) is 1.06. The lowest BCUT2D eigenvalue weighted by atomic mass is 9.84. The first kappa shape index (κ1) is 31.5. The van der Waals surface area contributed by atoms with Gasteiger partial charge in [-0.1, -0.05) is 122 Å². The molecule has 5 nitrogen and oxygen atoms in total. The van der Waals surface area contributed by atoms with Crippen molar-refractivity contribution in [2.24, 2.45) is 0 Å². The standard InChI is InChI=1S/C46H39N3O2S/c1-3-4-15-30-27(2)52-43-31(17-10-19-33(30)43)29-24-25-39-37(26-29)32-18-11-21-36(42(32)51-39)46-48-44(28-13-6-5-7-14-28)47-45(49-46)35-20-12-23-40-41(35)34-16-8-9-22-38(34)50-40/h4-26,32,42,44-49H,3H2,1-2H3/b15-4-. The van der Waals surface area contributed by atoms with Gasteiger partial charge in [-0.2, -0.15) is 0 Å². The molecule has 2 aliphatic heterocycles. The van der Waals surface area contributed by atoms with Crippen LogP contribution in [-0.4, -0.2) is 12.3 Å². The second-order valence-corrected chi connectivity index (χ2v) is 15.2. The number of hydrogen-bond donors (Lipinski definition) is 3. The van der Waals surface area contributed by atoms with Gasteiger partial charge in [0.05, 0.1) is 18.5 Å². The fourth-order valence-electron chi connectivity index (χ4n) is 8.40. The zero-order valence-electron chi connectivity index (χ0n) is 29.1. The van der Waals surface area contributed by atoms with Gasteiger partial charge in [-0.15, -0.1) is 11.3 Å². The van der Waals surface area contributed by atoms with Crippen LogP contribution in [0.2, 0.25) is 0 Å². The Morgan fingerprint density at radius 1 is 0.750 bits per heavy atom. The van der Waals surface area contributed by atoms with Gasteiger partial charge in [-0.05, 0) is 65.4 Å². The maximum atomic E-state index is 6.88. The minimum atomic E-state index is -0.159. The van der Waals surface area contributed by atoms with E-state index in [-0.39, 0.29) is 30.5 Å². The molecule has 5 aromatic carbocycles. The third-order valence-corrected chi connectivity index (χ3v) is 12.0. The van der Waals surface area contributed by atoms with Crippen LogP contribution in [0.15, 0.2) is 143 Å². The molecular weight excluding hydrogens is 659 g/mol. The number of benzene rings is 5. The molecule has 2 aromatic heterocycles. The molecule has 0 bridgehead atoms. The molecule has 5 atom stereocenters.